The van der Waals surface area contributed by atoms with E-state index in [1.54, 1.807) is 0 Å². The Hall–Kier alpha value is -1.04. The first kappa shape index (κ1) is 17.8. The average Bonchev–Trinajstić information content (AvgIpc) is 3.20. The van der Waals surface area contributed by atoms with E-state index in [2.05, 4.69) is 20.5 Å². The van der Waals surface area contributed by atoms with E-state index in [0.29, 0.717) is 17.0 Å². The van der Waals surface area contributed by atoms with Crippen molar-refractivity contribution in [1.29, 1.82) is 0 Å². The molecule has 134 valence electrons. The van der Waals surface area contributed by atoms with Gasteiger partial charge in [0.2, 0.25) is 11.1 Å². The van der Waals surface area contributed by atoms with E-state index in [-0.39, 0.29) is 5.91 Å². The summed E-state index contributed by atoms with van der Waals surface area (Å²) in [5, 5.41) is 11.2. The molecule has 0 bridgehead atoms. The van der Waals surface area contributed by atoms with Crippen LogP contribution in [0.3, 0.4) is 0 Å². The van der Waals surface area contributed by atoms with Crippen LogP contribution in [0.1, 0.15) is 76.5 Å². The molecule has 2 N–H and O–H groups in total. The van der Waals surface area contributed by atoms with Crippen LogP contribution in [-0.4, -0.2) is 32.9 Å². The second-order valence-corrected chi connectivity index (χ2v) is 8.26. The quantitative estimate of drug-likeness (QED) is 0.764. The molecule has 0 spiro atoms. The number of nitrogens with one attached hydrogen (secondary N) is 2. The number of hydrogen-bond acceptors (Lipinski definition) is 4. The van der Waals surface area contributed by atoms with Gasteiger partial charge in [-0.05, 0) is 18.8 Å². The van der Waals surface area contributed by atoms with Gasteiger partial charge >= 0.3 is 0 Å². The number of thioether (sulfide) groups is 1. The Morgan fingerprint density at radius 2 is 1.71 bits per heavy atom. The number of rotatable bonds is 6. The van der Waals surface area contributed by atoms with Gasteiger partial charge < -0.3 is 5.32 Å². The van der Waals surface area contributed by atoms with E-state index in [1.807, 2.05) is 0 Å². The Morgan fingerprint density at radius 3 is 2.46 bits per heavy atom. The van der Waals surface area contributed by atoms with Gasteiger partial charge in [-0.1, -0.05) is 69.5 Å². The maximum atomic E-state index is 12.2. The van der Waals surface area contributed by atoms with E-state index >= 15 is 0 Å². The van der Waals surface area contributed by atoms with Crippen molar-refractivity contribution in [3.8, 4) is 0 Å². The van der Waals surface area contributed by atoms with E-state index in [0.717, 1.165) is 31.0 Å². The molecule has 0 unspecified atom stereocenters. The fourth-order valence-electron chi connectivity index (χ4n) is 3.92. The van der Waals surface area contributed by atoms with Crippen molar-refractivity contribution in [2.75, 3.05) is 5.75 Å². The Labute approximate surface area is 149 Å². The van der Waals surface area contributed by atoms with Crippen LogP contribution in [-0.2, 0) is 11.2 Å². The summed E-state index contributed by atoms with van der Waals surface area (Å²) in [5.74, 6) is 2.27. The summed E-state index contributed by atoms with van der Waals surface area (Å²) >= 11 is 1.44. The van der Waals surface area contributed by atoms with E-state index in [9.17, 15) is 4.79 Å². The maximum Gasteiger partial charge on any atom is 0.230 e. The van der Waals surface area contributed by atoms with Gasteiger partial charge in [-0.3, -0.25) is 9.89 Å². The van der Waals surface area contributed by atoms with Gasteiger partial charge in [-0.25, -0.2) is 4.98 Å². The second kappa shape index (κ2) is 9.44. The van der Waals surface area contributed by atoms with Gasteiger partial charge in [0.25, 0.3) is 0 Å². The van der Waals surface area contributed by atoms with Gasteiger partial charge in [-0.15, -0.1) is 5.10 Å². The van der Waals surface area contributed by atoms with Crippen molar-refractivity contribution in [2.24, 2.45) is 5.92 Å². The number of hydrogen-bond donors (Lipinski definition) is 2. The standard InChI is InChI=1S/C18H30N4OS/c23-17(19-15-10-4-2-1-3-5-11-15)13-24-18-20-16(21-22-18)12-14-8-6-7-9-14/h14-15H,1-13H2,(H,19,23)(H,20,21,22). The first-order valence-electron chi connectivity index (χ1n) is 9.63. The Kier molecular flexibility index (Phi) is 6.99. The van der Waals surface area contributed by atoms with Crippen molar-refractivity contribution in [1.82, 2.24) is 20.5 Å². The molecular formula is C18H30N4OS. The van der Waals surface area contributed by atoms with Crippen LogP contribution in [0.25, 0.3) is 0 Å². The maximum absolute atomic E-state index is 12.2. The molecule has 0 aliphatic heterocycles. The van der Waals surface area contributed by atoms with Crippen molar-refractivity contribution < 1.29 is 4.79 Å². The van der Waals surface area contributed by atoms with Crippen LogP contribution in [0, 0.1) is 5.92 Å². The SMILES string of the molecule is O=C(CSc1n[nH]c(CC2CCCC2)n1)NC1CCCCCCC1. The number of carbonyl (C=O) groups is 1. The predicted octanol–water partition coefficient (Wildman–Crippen LogP) is 3.86. The van der Waals surface area contributed by atoms with Crippen LogP contribution in [0.15, 0.2) is 5.16 Å². The summed E-state index contributed by atoms with van der Waals surface area (Å²) in [6.07, 6.45) is 15.0. The average molecular weight is 351 g/mol. The lowest BCUT2D eigenvalue weighted by atomic mass is 9.97. The summed E-state index contributed by atoms with van der Waals surface area (Å²) < 4.78 is 0. The van der Waals surface area contributed by atoms with Crippen molar-refractivity contribution in [3.63, 3.8) is 0 Å². The number of carbonyl (C=O) groups excluding carboxylic acids is 1. The smallest absolute Gasteiger partial charge is 0.230 e. The minimum Gasteiger partial charge on any atom is -0.353 e. The third kappa shape index (κ3) is 5.80. The molecule has 3 rings (SSSR count). The van der Waals surface area contributed by atoms with Crippen molar-refractivity contribution in [2.45, 2.75) is 88.2 Å². The molecular weight excluding hydrogens is 320 g/mol. The van der Waals surface area contributed by atoms with E-state index in [4.69, 9.17) is 0 Å². The molecule has 24 heavy (non-hydrogen) atoms. The van der Waals surface area contributed by atoms with E-state index in [1.165, 1.54) is 69.5 Å². The number of amides is 1. The zero-order valence-electron chi connectivity index (χ0n) is 14.6. The number of aromatic amines is 1. The highest BCUT2D eigenvalue weighted by molar-refractivity contribution is 7.99. The number of aromatic nitrogens is 3. The van der Waals surface area contributed by atoms with Gasteiger partial charge in [0, 0.05) is 12.5 Å². The highest BCUT2D eigenvalue weighted by atomic mass is 32.2. The summed E-state index contributed by atoms with van der Waals surface area (Å²) in [6, 6.07) is 0.364. The Bertz CT molecular complexity index is 505. The molecule has 0 aromatic carbocycles. The molecule has 2 aliphatic carbocycles. The molecule has 6 heteroatoms. The molecule has 5 nitrogen and oxygen atoms in total. The minimum atomic E-state index is 0.118. The summed E-state index contributed by atoms with van der Waals surface area (Å²) in [6.45, 7) is 0. The van der Waals surface area contributed by atoms with Crippen LogP contribution < -0.4 is 5.32 Å². The molecule has 1 aromatic rings. The van der Waals surface area contributed by atoms with Crippen LogP contribution in [0.4, 0.5) is 0 Å². The lowest BCUT2D eigenvalue weighted by molar-refractivity contribution is -0.119. The molecule has 0 saturated heterocycles. The summed E-state index contributed by atoms with van der Waals surface area (Å²) in [7, 11) is 0. The lowest BCUT2D eigenvalue weighted by Crippen LogP contribution is -2.36. The van der Waals surface area contributed by atoms with Gasteiger partial charge in [0.1, 0.15) is 5.82 Å². The second-order valence-electron chi connectivity index (χ2n) is 7.32. The Morgan fingerprint density at radius 1 is 1.04 bits per heavy atom. The monoisotopic (exact) mass is 350 g/mol. The molecule has 2 fully saturated rings. The first-order valence-corrected chi connectivity index (χ1v) is 10.6. The topological polar surface area (TPSA) is 70.7 Å². The van der Waals surface area contributed by atoms with Crippen LogP contribution >= 0.6 is 11.8 Å². The number of nitrogens with zero attached hydrogens (tertiary/aromatic N) is 2. The van der Waals surface area contributed by atoms with Gasteiger partial charge in [-0.2, -0.15) is 0 Å². The van der Waals surface area contributed by atoms with E-state index < -0.39 is 0 Å². The number of H-pyrrole nitrogens is 1. The van der Waals surface area contributed by atoms with Crippen molar-refractivity contribution >= 4 is 17.7 Å². The molecule has 1 aromatic heterocycles. The molecule has 0 atom stereocenters. The lowest BCUT2D eigenvalue weighted by Gasteiger charge is -2.20. The highest BCUT2D eigenvalue weighted by Crippen LogP contribution is 2.27. The summed E-state index contributed by atoms with van der Waals surface area (Å²) in [4.78, 5) is 16.7. The molecule has 1 heterocycles. The minimum absolute atomic E-state index is 0.118. The zero-order chi connectivity index (χ0) is 16.6. The largest absolute Gasteiger partial charge is 0.353 e. The fourth-order valence-corrected chi connectivity index (χ4v) is 4.55. The van der Waals surface area contributed by atoms with Gasteiger partial charge in [0.15, 0.2) is 0 Å². The van der Waals surface area contributed by atoms with Crippen LogP contribution in [0.2, 0.25) is 0 Å². The third-order valence-corrected chi connectivity index (χ3v) is 6.12. The fraction of sp³-hybridized carbons (Fsp3) is 0.833. The van der Waals surface area contributed by atoms with Gasteiger partial charge in [0.05, 0.1) is 5.75 Å². The van der Waals surface area contributed by atoms with Crippen molar-refractivity contribution in [3.05, 3.63) is 5.82 Å². The normalized spacial score (nSPS) is 20.7. The third-order valence-electron chi connectivity index (χ3n) is 5.27. The summed E-state index contributed by atoms with van der Waals surface area (Å²) in [5.41, 5.74) is 0. The highest BCUT2D eigenvalue weighted by Gasteiger charge is 2.18. The molecule has 1 amide bonds. The van der Waals surface area contributed by atoms with Crippen LogP contribution in [0.5, 0.6) is 0 Å². The zero-order valence-corrected chi connectivity index (χ0v) is 15.4. The molecule has 2 saturated carbocycles. The Balaban J connectivity index is 1.38. The molecule has 2 aliphatic rings. The predicted molar refractivity (Wildman–Crippen MR) is 97.0 cm³/mol. The first-order chi connectivity index (χ1) is 11.8. The molecule has 0 radical (unpaired) electrons.